The van der Waals surface area contributed by atoms with Gasteiger partial charge in [-0.3, -0.25) is 19.3 Å². The molecule has 13 heteroatoms. The van der Waals surface area contributed by atoms with Crippen LogP contribution in [0.2, 0.25) is 0 Å². The zero-order valence-electron chi connectivity index (χ0n) is 21.0. The first-order valence-corrected chi connectivity index (χ1v) is 11.8. The minimum atomic E-state index is -2.70. The number of aliphatic hydroxyl groups excluding tert-OH is 2. The van der Waals surface area contributed by atoms with Gasteiger partial charge in [0.05, 0.1) is 34.3 Å². The number of nitrogens with zero attached hydrogens (tertiary/aromatic N) is 4. The largest absolute Gasteiger partial charge is 0.509 e. The first-order valence-electron chi connectivity index (χ1n) is 11.8. The summed E-state index contributed by atoms with van der Waals surface area (Å²) in [7, 11) is 2.91. The number of hydrogen-bond acceptors (Lipinski definition) is 12. The minimum absolute atomic E-state index is 0.104. The molecule has 0 saturated heterocycles. The molecule has 1 amide bonds. The number of rotatable bonds is 3. The van der Waals surface area contributed by atoms with Crippen molar-refractivity contribution in [1.82, 2.24) is 14.9 Å². The van der Waals surface area contributed by atoms with Crippen LogP contribution in [-0.4, -0.2) is 78.9 Å². The number of phenolic OH excluding ortho intramolecular Hbond substituents is 1. The van der Waals surface area contributed by atoms with Crippen LogP contribution in [0.4, 0.5) is 0 Å². The monoisotopic (exact) mass is 531 g/mol. The van der Waals surface area contributed by atoms with E-state index in [4.69, 9.17) is 17.2 Å². The number of amides is 1. The summed E-state index contributed by atoms with van der Waals surface area (Å²) in [5, 5.41) is 43.9. The summed E-state index contributed by atoms with van der Waals surface area (Å²) in [5.74, 6) is -5.80. The fourth-order valence-electron chi connectivity index (χ4n) is 6.54. The number of nitriles is 1. The van der Waals surface area contributed by atoms with E-state index in [1.807, 2.05) is 0 Å². The number of Topliss-reactive ketones (excluding diaryl/α,β-unsaturated/α-hetero) is 2. The summed E-state index contributed by atoms with van der Waals surface area (Å²) < 4.78 is 0. The van der Waals surface area contributed by atoms with E-state index in [9.17, 15) is 35.0 Å². The Balaban J connectivity index is 1.87. The molecule has 3 aliphatic carbocycles. The number of nitrogens with two attached hydrogens (primary N) is 3. The SMILES string of the molecule is CN(C)[C@@H]1C(=O)C(C(N)=O)=C(O)[C@@]2(C#N)C(=O)C3=C(O)c4c(O)ccc(-c5cncnc5)c4C[C@@]3(N)C[C@@]12N. The Hall–Kier alpha value is -4.64. The second-order valence-electron chi connectivity index (χ2n) is 10.4. The summed E-state index contributed by atoms with van der Waals surface area (Å²) in [5.41, 5.74) is 12.3. The van der Waals surface area contributed by atoms with E-state index in [1.165, 1.54) is 43.8 Å². The highest BCUT2D eigenvalue weighted by molar-refractivity contribution is 6.25. The van der Waals surface area contributed by atoms with Crippen LogP contribution >= 0.6 is 0 Å². The Kier molecular flexibility index (Phi) is 5.45. The molecular formula is C26H25N7O6. The molecule has 1 fully saturated rings. The second kappa shape index (κ2) is 8.18. The quantitative estimate of drug-likeness (QED) is 0.271. The maximum Gasteiger partial charge on any atom is 0.255 e. The molecule has 0 aliphatic heterocycles. The third-order valence-corrected chi connectivity index (χ3v) is 8.01. The molecular weight excluding hydrogens is 506 g/mol. The predicted molar refractivity (Wildman–Crippen MR) is 135 cm³/mol. The summed E-state index contributed by atoms with van der Waals surface area (Å²) >= 11 is 0. The van der Waals surface area contributed by atoms with Gasteiger partial charge in [-0.05, 0) is 44.1 Å². The number of carbonyl (C=O) groups excluding carboxylic acids is 3. The van der Waals surface area contributed by atoms with E-state index in [-0.39, 0.29) is 17.7 Å². The summed E-state index contributed by atoms with van der Waals surface area (Å²) in [6.07, 6.45) is 3.76. The average molecular weight is 532 g/mol. The van der Waals surface area contributed by atoms with Crippen molar-refractivity contribution in [2.24, 2.45) is 22.6 Å². The molecule has 5 rings (SSSR count). The van der Waals surface area contributed by atoms with Crippen LogP contribution in [0.15, 0.2) is 47.8 Å². The van der Waals surface area contributed by atoms with Gasteiger partial charge in [0, 0.05) is 18.0 Å². The summed E-state index contributed by atoms with van der Waals surface area (Å²) in [6.45, 7) is 0. The van der Waals surface area contributed by atoms with Crippen LogP contribution in [0.25, 0.3) is 16.9 Å². The summed E-state index contributed by atoms with van der Waals surface area (Å²) in [4.78, 5) is 49.4. The van der Waals surface area contributed by atoms with Crippen molar-refractivity contribution in [1.29, 1.82) is 5.26 Å². The van der Waals surface area contributed by atoms with Crippen LogP contribution < -0.4 is 17.2 Å². The van der Waals surface area contributed by atoms with Gasteiger partial charge in [-0.25, -0.2) is 9.97 Å². The predicted octanol–water partition coefficient (Wildman–Crippen LogP) is -0.638. The molecule has 3 aliphatic rings. The Labute approximate surface area is 221 Å². The number of ketones is 2. The average Bonchev–Trinajstić information content (AvgIpc) is 2.83. The highest BCUT2D eigenvalue weighted by Crippen LogP contribution is 2.58. The smallest absolute Gasteiger partial charge is 0.255 e. The highest BCUT2D eigenvalue weighted by Gasteiger charge is 2.74. The number of likely N-dealkylation sites (N-methyl/N-ethyl adjacent to an activating group) is 1. The Bertz CT molecular complexity index is 1590. The molecule has 0 radical (unpaired) electrons. The van der Waals surface area contributed by atoms with Gasteiger partial charge in [0.2, 0.25) is 0 Å². The van der Waals surface area contributed by atoms with Crippen LogP contribution in [-0.2, 0) is 20.8 Å². The molecule has 0 unspecified atom stereocenters. The number of primary amides is 1. The van der Waals surface area contributed by atoms with Gasteiger partial charge < -0.3 is 32.5 Å². The van der Waals surface area contributed by atoms with Crippen molar-refractivity contribution < 1.29 is 29.7 Å². The van der Waals surface area contributed by atoms with Crippen LogP contribution in [0, 0.1) is 16.7 Å². The van der Waals surface area contributed by atoms with E-state index in [2.05, 4.69) is 9.97 Å². The lowest BCUT2D eigenvalue weighted by Crippen LogP contribution is -2.80. The third-order valence-electron chi connectivity index (χ3n) is 8.01. The number of fused-ring (bicyclic) bond motifs is 3. The van der Waals surface area contributed by atoms with Gasteiger partial charge in [-0.15, -0.1) is 0 Å². The highest BCUT2D eigenvalue weighted by atomic mass is 16.3. The molecule has 13 nitrogen and oxygen atoms in total. The molecule has 0 bridgehead atoms. The standard InChI is InChI=1S/C26H25N7O6/c1-33(2)20-19(36)16(23(28)39)21(37)25(9-27)22(38)17-18(35)15-13(5-24(17,29)8-26(20,25)30)12(3-4-14(15)34)11-6-31-10-32-7-11/h3-4,6-7,10,20,34-35,37H,5,8,29-30H2,1-2H3,(H2,28,39)/t20-,24-,25+,26-/m1/s1. The van der Waals surface area contributed by atoms with Gasteiger partial charge >= 0.3 is 0 Å². The third kappa shape index (κ3) is 3.07. The number of aliphatic hydroxyl groups is 2. The van der Waals surface area contributed by atoms with Gasteiger partial charge in [0.15, 0.2) is 17.0 Å². The molecule has 1 aromatic heterocycles. The molecule has 1 aromatic carbocycles. The van der Waals surface area contributed by atoms with Gasteiger partial charge in [0.1, 0.15) is 29.2 Å². The zero-order valence-corrected chi connectivity index (χ0v) is 21.0. The van der Waals surface area contributed by atoms with Crippen LogP contribution in [0.5, 0.6) is 5.75 Å². The molecule has 2 aromatic rings. The first-order chi connectivity index (χ1) is 18.3. The molecule has 0 spiro atoms. The number of phenols is 1. The lowest BCUT2D eigenvalue weighted by molar-refractivity contribution is -0.139. The van der Waals surface area contributed by atoms with Crippen molar-refractivity contribution in [3.63, 3.8) is 0 Å². The maximum absolute atomic E-state index is 14.3. The van der Waals surface area contributed by atoms with E-state index in [0.717, 1.165) is 0 Å². The van der Waals surface area contributed by atoms with E-state index < -0.39 is 69.1 Å². The van der Waals surface area contributed by atoms with Crippen LogP contribution in [0.1, 0.15) is 17.5 Å². The number of aromatic nitrogens is 2. The van der Waals surface area contributed by atoms with Crippen molar-refractivity contribution in [3.8, 4) is 22.9 Å². The van der Waals surface area contributed by atoms with E-state index in [1.54, 1.807) is 12.1 Å². The molecule has 1 saturated carbocycles. The fraction of sp³-hybridized carbons (Fsp3) is 0.308. The Morgan fingerprint density at radius 2 is 1.79 bits per heavy atom. The lowest BCUT2D eigenvalue weighted by atomic mass is 9.47. The molecule has 4 atom stereocenters. The lowest BCUT2D eigenvalue weighted by Gasteiger charge is -2.58. The van der Waals surface area contributed by atoms with Crippen molar-refractivity contribution in [2.45, 2.75) is 30.0 Å². The second-order valence-corrected chi connectivity index (χ2v) is 10.4. The number of carbonyl (C=O) groups is 3. The Morgan fingerprint density at radius 3 is 2.36 bits per heavy atom. The van der Waals surface area contributed by atoms with Gasteiger partial charge in [-0.2, -0.15) is 5.26 Å². The van der Waals surface area contributed by atoms with Gasteiger partial charge in [-0.1, -0.05) is 6.07 Å². The number of benzene rings is 1. The zero-order chi connectivity index (χ0) is 28.7. The molecule has 1 heterocycles. The van der Waals surface area contributed by atoms with E-state index >= 15 is 0 Å². The van der Waals surface area contributed by atoms with Crippen LogP contribution in [0.3, 0.4) is 0 Å². The number of aromatic hydroxyl groups is 1. The number of hydrogen-bond donors (Lipinski definition) is 6. The summed E-state index contributed by atoms with van der Waals surface area (Å²) in [6, 6.07) is 3.16. The first kappa shape index (κ1) is 26.0. The molecule has 200 valence electrons. The normalized spacial score (nSPS) is 30.0. The Morgan fingerprint density at radius 1 is 1.15 bits per heavy atom. The van der Waals surface area contributed by atoms with Crippen molar-refractivity contribution in [2.75, 3.05) is 14.1 Å². The maximum atomic E-state index is 14.3. The van der Waals surface area contributed by atoms with Crippen molar-refractivity contribution >= 4 is 23.2 Å². The molecule has 39 heavy (non-hydrogen) atoms. The van der Waals surface area contributed by atoms with Gasteiger partial charge in [0.25, 0.3) is 5.91 Å². The van der Waals surface area contributed by atoms with Crippen molar-refractivity contribution in [3.05, 3.63) is 58.9 Å². The molecule has 9 N–H and O–H groups in total. The fourth-order valence-corrected chi connectivity index (χ4v) is 6.54. The van der Waals surface area contributed by atoms with E-state index in [0.29, 0.717) is 16.7 Å². The topological polar surface area (TPSA) is 243 Å². The minimum Gasteiger partial charge on any atom is -0.509 e.